The maximum absolute atomic E-state index is 12.3. The van der Waals surface area contributed by atoms with Crippen LogP contribution in [0.4, 0.5) is 0 Å². The van der Waals surface area contributed by atoms with Gasteiger partial charge in [-0.15, -0.1) is 0 Å². The molecule has 2 aliphatic rings. The van der Waals surface area contributed by atoms with Crippen LogP contribution in [-0.2, 0) is 4.79 Å². The minimum atomic E-state index is -0.583. The van der Waals surface area contributed by atoms with Gasteiger partial charge in [-0.2, -0.15) is 0 Å². The summed E-state index contributed by atoms with van der Waals surface area (Å²) in [4.78, 5) is 12.3. The Morgan fingerprint density at radius 2 is 1.86 bits per heavy atom. The van der Waals surface area contributed by atoms with E-state index in [1.807, 2.05) is 13.8 Å². The van der Waals surface area contributed by atoms with E-state index in [0.29, 0.717) is 23.5 Å². The van der Waals surface area contributed by atoms with Gasteiger partial charge in [0.1, 0.15) is 5.78 Å². The molecule has 2 saturated carbocycles. The Morgan fingerprint density at radius 1 is 1.23 bits per heavy atom. The van der Waals surface area contributed by atoms with Crippen LogP contribution in [0.25, 0.3) is 0 Å². The van der Waals surface area contributed by atoms with E-state index in [-0.39, 0.29) is 10.8 Å². The summed E-state index contributed by atoms with van der Waals surface area (Å²) in [6, 6.07) is 0. The number of aliphatic hydroxyl groups is 1. The Hall–Kier alpha value is -0.370. The van der Waals surface area contributed by atoms with E-state index in [4.69, 9.17) is 0 Å². The lowest BCUT2D eigenvalue weighted by Crippen LogP contribution is -2.42. The molecule has 2 heteroatoms. The number of fused-ring (bicyclic) bond motifs is 1. The molecule has 4 atom stereocenters. The number of carbonyl (C=O) groups is 1. The lowest BCUT2D eigenvalue weighted by atomic mass is 9.57. The molecular weight excluding hydrogens is 272 g/mol. The van der Waals surface area contributed by atoms with Gasteiger partial charge >= 0.3 is 0 Å². The average molecular weight is 309 g/mol. The normalized spacial score (nSPS) is 34.6. The van der Waals surface area contributed by atoms with Gasteiger partial charge in [0.15, 0.2) is 0 Å². The highest BCUT2D eigenvalue weighted by molar-refractivity contribution is 5.83. The van der Waals surface area contributed by atoms with E-state index in [1.165, 1.54) is 12.8 Å². The molecule has 0 aliphatic heterocycles. The Morgan fingerprint density at radius 3 is 2.45 bits per heavy atom. The van der Waals surface area contributed by atoms with Crippen LogP contribution < -0.4 is 0 Å². The van der Waals surface area contributed by atoms with Crippen molar-refractivity contribution in [1.82, 2.24) is 0 Å². The molecule has 2 fully saturated rings. The summed E-state index contributed by atoms with van der Waals surface area (Å²) < 4.78 is 0. The van der Waals surface area contributed by atoms with E-state index >= 15 is 0 Å². The maximum Gasteiger partial charge on any atom is 0.136 e. The van der Waals surface area contributed by atoms with Crippen molar-refractivity contribution in [1.29, 1.82) is 0 Å². The molecule has 128 valence electrons. The van der Waals surface area contributed by atoms with Gasteiger partial charge in [-0.1, -0.05) is 27.7 Å². The fourth-order valence-electron chi connectivity index (χ4n) is 5.19. The van der Waals surface area contributed by atoms with Crippen LogP contribution in [0.5, 0.6) is 0 Å². The van der Waals surface area contributed by atoms with Crippen molar-refractivity contribution in [2.75, 3.05) is 0 Å². The van der Waals surface area contributed by atoms with Crippen molar-refractivity contribution in [3.63, 3.8) is 0 Å². The van der Waals surface area contributed by atoms with Crippen molar-refractivity contribution >= 4 is 5.78 Å². The summed E-state index contributed by atoms with van der Waals surface area (Å²) >= 11 is 0. The molecular formula is C20H36O2. The molecule has 22 heavy (non-hydrogen) atoms. The highest BCUT2D eigenvalue weighted by atomic mass is 16.3. The van der Waals surface area contributed by atoms with E-state index in [2.05, 4.69) is 27.7 Å². The molecule has 1 unspecified atom stereocenters. The monoisotopic (exact) mass is 308 g/mol. The van der Waals surface area contributed by atoms with Gasteiger partial charge in [0.2, 0.25) is 0 Å². The fraction of sp³-hybridized carbons (Fsp3) is 0.950. The second kappa shape index (κ2) is 5.92. The Labute approximate surface area is 137 Å². The largest absolute Gasteiger partial charge is 0.390 e. The SMILES string of the molecule is C[C@@H](C1CC[C@H]2C(=O)CCC[C@]12C)C(C)(C)CCC(C)(C)O. The second-order valence-corrected chi connectivity index (χ2v) is 9.65. The molecule has 2 rings (SSSR count). The number of rotatable bonds is 5. The van der Waals surface area contributed by atoms with Crippen LogP contribution in [0.2, 0.25) is 0 Å². The van der Waals surface area contributed by atoms with Gasteiger partial charge in [0, 0.05) is 12.3 Å². The van der Waals surface area contributed by atoms with Crippen molar-refractivity contribution in [3.8, 4) is 0 Å². The second-order valence-electron chi connectivity index (χ2n) is 9.65. The molecule has 0 aromatic carbocycles. The summed E-state index contributed by atoms with van der Waals surface area (Å²) in [5.74, 6) is 2.09. The summed E-state index contributed by atoms with van der Waals surface area (Å²) in [6.07, 6.45) is 7.31. The summed E-state index contributed by atoms with van der Waals surface area (Å²) in [5, 5.41) is 10.1. The quantitative estimate of drug-likeness (QED) is 0.777. The molecule has 0 aromatic rings. The van der Waals surface area contributed by atoms with Gasteiger partial charge < -0.3 is 5.11 Å². The highest BCUT2D eigenvalue weighted by Crippen LogP contribution is 2.59. The van der Waals surface area contributed by atoms with Gasteiger partial charge in [0.25, 0.3) is 0 Å². The van der Waals surface area contributed by atoms with Crippen LogP contribution in [0.3, 0.4) is 0 Å². The van der Waals surface area contributed by atoms with Crippen LogP contribution in [0, 0.1) is 28.6 Å². The predicted molar refractivity (Wildman–Crippen MR) is 91.7 cm³/mol. The zero-order valence-corrected chi connectivity index (χ0v) is 15.5. The van der Waals surface area contributed by atoms with Crippen molar-refractivity contribution in [3.05, 3.63) is 0 Å². The van der Waals surface area contributed by atoms with Gasteiger partial charge in [0.05, 0.1) is 5.60 Å². The van der Waals surface area contributed by atoms with Crippen LogP contribution in [0.15, 0.2) is 0 Å². The van der Waals surface area contributed by atoms with Crippen LogP contribution >= 0.6 is 0 Å². The van der Waals surface area contributed by atoms with E-state index in [1.54, 1.807) is 0 Å². The molecule has 0 heterocycles. The van der Waals surface area contributed by atoms with Gasteiger partial charge in [-0.3, -0.25) is 4.79 Å². The lowest BCUT2D eigenvalue weighted by Gasteiger charge is -2.47. The number of hydrogen-bond acceptors (Lipinski definition) is 2. The third-order valence-electron chi connectivity index (χ3n) is 7.15. The molecule has 0 radical (unpaired) electrons. The molecule has 0 saturated heterocycles. The number of hydrogen-bond donors (Lipinski definition) is 1. The first-order chi connectivity index (χ1) is 9.97. The van der Waals surface area contributed by atoms with E-state index in [0.717, 1.165) is 32.1 Å². The van der Waals surface area contributed by atoms with Crippen molar-refractivity contribution < 1.29 is 9.90 Å². The summed E-state index contributed by atoms with van der Waals surface area (Å²) in [6.45, 7) is 13.3. The molecule has 1 N–H and O–H groups in total. The third kappa shape index (κ3) is 3.42. The number of carbonyl (C=O) groups excluding carboxylic acids is 1. The molecule has 2 aliphatic carbocycles. The fourth-order valence-corrected chi connectivity index (χ4v) is 5.19. The zero-order chi connectivity index (χ0) is 16.8. The van der Waals surface area contributed by atoms with Crippen molar-refractivity contribution in [2.45, 2.75) is 92.1 Å². The minimum Gasteiger partial charge on any atom is -0.390 e. The molecule has 0 aromatic heterocycles. The van der Waals surface area contributed by atoms with Crippen LogP contribution in [-0.4, -0.2) is 16.5 Å². The highest BCUT2D eigenvalue weighted by Gasteiger charge is 2.54. The number of Topliss-reactive ketones (excluding diaryl/α,β-unsaturated/α-hetero) is 1. The smallest absolute Gasteiger partial charge is 0.136 e. The minimum absolute atomic E-state index is 0.211. The van der Waals surface area contributed by atoms with Gasteiger partial charge in [-0.25, -0.2) is 0 Å². The number of ketones is 1. The topological polar surface area (TPSA) is 37.3 Å². The summed E-state index contributed by atoms with van der Waals surface area (Å²) in [5.41, 5.74) is -0.149. The first kappa shape index (κ1) is 18.0. The summed E-state index contributed by atoms with van der Waals surface area (Å²) in [7, 11) is 0. The first-order valence-electron chi connectivity index (χ1n) is 9.22. The van der Waals surface area contributed by atoms with E-state index in [9.17, 15) is 9.90 Å². The maximum atomic E-state index is 12.3. The Kier molecular flexibility index (Phi) is 4.84. The lowest BCUT2D eigenvalue weighted by molar-refractivity contribution is -0.130. The molecule has 0 bridgehead atoms. The molecule has 0 spiro atoms. The predicted octanol–water partition coefficient (Wildman–Crippen LogP) is 4.99. The van der Waals surface area contributed by atoms with E-state index < -0.39 is 5.60 Å². The van der Waals surface area contributed by atoms with Crippen LogP contribution in [0.1, 0.15) is 86.5 Å². The Balaban J connectivity index is 2.11. The average Bonchev–Trinajstić information content (AvgIpc) is 2.73. The molecule has 2 nitrogen and oxygen atoms in total. The standard InChI is InChI=1S/C20H36O2/c1-14(18(2,3)12-13-19(4,5)22)15-9-10-16-17(21)8-7-11-20(15,16)6/h14-16,22H,7-13H2,1-6H3/t14-,15?,16-,20+/m0/s1. The molecule has 0 amide bonds. The third-order valence-corrected chi connectivity index (χ3v) is 7.15. The first-order valence-corrected chi connectivity index (χ1v) is 9.22. The van der Waals surface area contributed by atoms with Gasteiger partial charge in [-0.05, 0) is 75.0 Å². The van der Waals surface area contributed by atoms with Crippen molar-refractivity contribution in [2.24, 2.45) is 28.6 Å². The zero-order valence-electron chi connectivity index (χ0n) is 15.5. The Bertz CT molecular complexity index is 418.